The molecule has 0 saturated carbocycles. The van der Waals surface area contributed by atoms with E-state index in [1.54, 1.807) is 0 Å². The van der Waals surface area contributed by atoms with Gasteiger partial charge >= 0.3 is 0 Å². The molecule has 0 aliphatic rings. The molecule has 0 aromatic rings. The molecule has 1 amide bonds. The van der Waals surface area contributed by atoms with Crippen LogP contribution in [0.15, 0.2) is 24.3 Å². The molecule has 0 spiro atoms. The van der Waals surface area contributed by atoms with E-state index in [1.165, 1.54) is 173 Å². The average Bonchev–Trinajstić information content (AvgIpc) is 3.12. The predicted octanol–water partition coefficient (Wildman–Crippen LogP) is 13.9. The SMILES string of the molecule is CCCCCCC/C=C\C/C=C\CCCCCCCCCCCCCC(=O)NC(CS(=O)(=O)O)C(O)CCCCCCCCCCCCCCCCC. The Balaban J connectivity index is 3.78. The maximum absolute atomic E-state index is 12.6. The highest BCUT2D eigenvalue weighted by Gasteiger charge is 2.26. The molecule has 2 unspecified atom stereocenters. The quantitative estimate of drug-likeness (QED) is 0.0326. The van der Waals surface area contributed by atoms with Gasteiger partial charge in [-0.05, 0) is 44.9 Å². The summed E-state index contributed by atoms with van der Waals surface area (Å²) in [5.41, 5.74) is 0. The molecule has 0 saturated heterocycles. The summed E-state index contributed by atoms with van der Waals surface area (Å²) >= 11 is 0. The zero-order chi connectivity index (χ0) is 38.9. The van der Waals surface area contributed by atoms with Gasteiger partial charge in [0.1, 0.15) is 0 Å². The molecule has 0 heterocycles. The highest BCUT2D eigenvalue weighted by Crippen LogP contribution is 2.16. The molecule has 0 aromatic carbocycles. The lowest BCUT2D eigenvalue weighted by atomic mass is 10.0. The van der Waals surface area contributed by atoms with Gasteiger partial charge < -0.3 is 10.4 Å². The lowest BCUT2D eigenvalue weighted by Crippen LogP contribution is -2.47. The number of allylic oxidation sites excluding steroid dienone is 4. The summed E-state index contributed by atoms with van der Waals surface area (Å²) in [6.07, 6.45) is 51.3. The van der Waals surface area contributed by atoms with E-state index < -0.39 is 28.0 Å². The zero-order valence-electron chi connectivity index (χ0n) is 35.2. The molecule has 0 fully saturated rings. The number of carbonyl (C=O) groups excluding carboxylic acids is 1. The molecule has 0 rings (SSSR count). The number of hydrogen-bond acceptors (Lipinski definition) is 4. The second-order valence-electron chi connectivity index (χ2n) is 16.0. The Bertz CT molecular complexity index is 934. The van der Waals surface area contributed by atoms with E-state index in [4.69, 9.17) is 0 Å². The normalized spacial score (nSPS) is 13.4. The van der Waals surface area contributed by atoms with Crippen LogP contribution in [0.3, 0.4) is 0 Å². The maximum atomic E-state index is 12.6. The van der Waals surface area contributed by atoms with Crippen molar-refractivity contribution in [2.45, 2.75) is 257 Å². The van der Waals surface area contributed by atoms with Crippen molar-refractivity contribution in [1.82, 2.24) is 5.32 Å². The van der Waals surface area contributed by atoms with Crippen molar-refractivity contribution >= 4 is 16.0 Å². The van der Waals surface area contributed by atoms with Gasteiger partial charge in [-0.3, -0.25) is 9.35 Å². The largest absolute Gasteiger partial charge is 0.391 e. The van der Waals surface area contributed by atoms with Gasteiger partial charge in [0, 0.05) is 6.42 Å². The van der Waals surface area contributed by atoms with Crippen molar-refractivity contribution in [3.63, 3.8) is 0 Å². The molecule has 0 aromatic heterocycles. The standard InChI is InChI=1S/C46H89NO5S/c1-3-5-7-9-11-13-15-17-19-20-21-22-23-24-25-26-28-30-32-34-36-38-40-42-46(49)47-44(43-53(50,51)52)45(48)41-39-37-35-33-31-29-27-18-16-14-12-10-8-6-4-2/h15,17,20-21,44-45,48H,3-14,16,18-19,22-43H2,1-2H3,(H,47,49)(H,50,51,52)/b17-15-,21-20-. The van der Waals surface area contributed by atoms with E-state index in [1.807, 2.05) is 0 Å². The Hall–Kier alpha value is -1.18. The Morgan fingerprint density at radius 1 is 0.509 bits per heavy atom. The van der Waals surface area contributed by atoms with Crippen LogP contribution in [-0.4, -0.2) is 41.9 Å². The molecule has 0 radical (unpaired) electrons. The van der Waals surface area contributed by atoms with Gasteiger partial charge in [-0.15, -0.1) is 0 Å². The van der Waals surface area contributed by atoms with E-state index >= 15 is 0 Å². The number of carbonyl (C=O) groups is 1. The van der Waals surface area contributed by atoms with Crippen LogP contribution >= 0.6 is 0 Å². The van der Waals surface area contributed by atoms with Crippen LogP contribution in [0.4, 0.5) is 0 Å². The van der Waals surface area contributed by atoms with E-state index in [0.717, 1.165) is 44.9 Å². The smallest absolute Gasteiger partial charge is 0.266 e. The van der Waals surface area contributed by atoms with Crippen LogP contribution in [0.5, 0.6) is 0 Å². The van der Waals surface area contributed by atoms with Gasteiger partial charge in [0.25, 0.3) is 10.1 Å². The van der Waals surface area contributed by atoms with Crippen molar-refractivity contribution in [2.24, 2.45) is 0 Å². The molecule has 0 aliphatic heterocycles. The van der Waals surface area contributed by atoms with Gasteiger partial charge in [0.2, 0.25) is 5.91 Å². The number of rotatable bonds is 42. The van der Waals surface area contributed by atoms with Gasteiger partial charge in [-0.1, -0.05) is 218 Å². The van der Waals surface area contributed by atoms with Gasteiger partial charge in [0.15, 0.2) is 0 Å². The fourth-order valence-electron chi connectivity index (χ4n) is 7.19. The minimum atomic E-state index is -4.31. The second-order valence-corrected chi connectivity index (χ2v) is 17.5. The fraction of sp³-hybridized carbons (Fsp3) is 0.891. The summed E-state index contributed by atoms with van der Waals surface area (Å²) in [6.45, 7) is 4.53. The molecule has 314 valence electrons. The molecule has 6 nitrogen and oxygen atoms in total. The summed E-state index contributed by atoms with van der Waals surface area (Å²) in [7, 11) is -4.31. The lowest BCUT2D eigenvalue weighted by molar-refractivity contribution is -0.122. The van der Waals surface area contributed by atoms with E-state index in [2.05, 4.69) is 43.5 Å². The van der Waals surface area contributed by atoms with Crippen molar-refractivity contribution in [1.29, 1.82) is 0 Å². The molecule has 0 aliphatic carbocycles. The first-order valence-corrected chi connectivity index (χ1v) is 24.6. The van der Waals surface area contributed by atoms with Gasteiger partial charge in [0.05, 0.1) is 17.9 Å². The molecular formula is C46H89NO5S. The molecule has 2 atom stereocenters. The zero-order valence-corrected chi connectivity index (χ0v) is 36.0. The summed E-state index contributed by atoms with van der Waals surface area (Å²) in [4.78, 5) is 12.6. The van der Waals surface area contributed by atoms with Crippen molar-refractivity contribution < 1.29 is 22.9 Å². The molecule has 53 heavy (non-hydrogen) atoms. The first-order chi connectivity index (χ1) is 25.8. The summed E-state index contributed by atoms with van der Waals surface area (Å²) in [5.74, 6) is -0.891. The van der Waals surface area contributed by atoms with Crippen molar-refractivity contribution in [3.8, 4) is 0 Å². The minimum Gasteiger partial charge on any atom is -0.391 e. The fourth-order valence-corrected chi connectivity index (χ4v) is 7.95. The van der Waals surface area contributed by atoms with Crippen LogP contribution in [-0.2, 0) is 14.9 Å². The predicted molar refractivity (Wildman–Crippen MR) is 230 cm³/mol. The Labute approximate surface area is 330 Å². The highest BCUT2D eigenvalue weighted by atomic mass is 32.2. The number of aliphatic hydroxyl groups is 1. The highest BCUT2D eigenvalue weighted by molar-refractivity contribution is 7.85. The van der Waals surface area contributed by atoms with E-state index in [-0.39, 0.29) is 5.91 Å². The first-order valence-electron chi connectivity index (χ1n) is 23.0. The summed E-state index contributed by atoms with van der Waals surface area (Å²) < 4.78 is 32.6. The molecule has 7 heteroatoms. The van der Waals surface area contributed by atoms with Crippen molar-refractivity contribution in [3.05, 3.63) is 24.3 Å². The third-order valence-electron chi connectivity index (χ3n) is 10.7. The van der Waals surface area contributed by atoms with E-state index in [0.29, 0.717) is 12.8 Å². The van der Waals surface area contributed by atoms with Crippen LogP contribution in [0.2, 0.25) is 0 Å². The third-order valence-corrected chi connectivity index (χ3v) is 11.4. The topological polar surface area (TPSA) is 104 Å². The van der Waals surface area contributed by atoms with Gasteiger partial charge in [-0.2, -0.15) is 8.42 Å². The number of unbranched alkanes of at least 4 members (excludes halogenated alkanes) is 30. The Morgan fingerprint density at radius 3 is 1.23 bits per heavy atom. The first kappa shape index (κ1) is 51.8. The average molecular weight is 768 g/mol. The van der Waals surface area contributed by atoms with E-state index in [9.17, 15) is 22.9 Å². The number of amides is 1. The number of aliphatic hydroxyl groups excluding tert-OH is 1. The van der Waals surface area contributed by atoms with Gasteiger partial charge in [-0.25, -0.2) is 0 Å². The molecule has 0 bridgehead atoms. The maximum Gasteiger partial charge on any atom is 0.266 e. The lowest BCUT2D eigenvalue weighted by Gasteiger charge is -2.23. The van der Waals surface area contributed by atoms with Crippen molar-refractivity contribution in [2.75, 3.05) is 5.75 Å². The number of hydrogen-bond donors (Lipinski definition) is 3. The summed E-state index contributed by atoms with van der Waals surface area (Å²) in [6, 6.07) is -0.970. The van der Waals surface area contributed by atoms with Crippen LogP contribution < -0.4 is 5.32 Å². The molecular weight excluding hydrogens is 679 g/mol. The van der Waals surface area contributed by atoms with Crippen LogP contribution in [0.25, 0.3) is 0 Å². The molecule has 3 N–H and O–H groups in total. The monoisotopic (exact) mass is 768 g/mol. The third kappa shape index (κ3) is 41.8. The Morgan fingerprint density at radius 2 is 0.849 bits per heavy atom. The number of nitrogens with one attached hydrogen (secondary N) is 1. The minimum absolute atomic E-state index is 0.245. The van der Waals surface area contributed by atoms with Crippen LogP contribution in [0.1, 0.15) is 245 Å². The van der Waals surface area contributed by atoms with Crippen LogP contribution in [0, 0.1) is 0 Å². The summed E-state index contributed by atoms with van der Waals surface area (Å²) in [5, 5.41) is 13.4. The Kier molecular flexibility index (Phi) is 39.6. The second kappa shape index (κ2) is 40.5.